The summed E-state index contributed by atoms with van der Waals surface area (Å²) in [5.74, 6) is 0. The second-order valence-electron chi connectivity index (χ2n) is 5.38. The van der Waals surface area contributed by atoms with Crippen LogP contribution in [0.15, 0.2) is 42.5 Å². The fourth-order valence-electron chi connectivity index (χ4n) is 2.80. The molecule has 0 saturated carbocycles. The molecule has 1 N–H and O–H groups in total. The van der Waals surface area contributed by atoms with E-state index in [1.54, 1.807) is 0 Å². The van der Waals surface area contributed by atoms with Crippen LogP contribution in [0.1, 0.15) is 26.3 Å². The zero-order valence-electron chi connectivity index (χ0n) is 10.5. The third-order valence-electron chi connectivity index (χ3n) is 3.36. The Balaban J connectivity index is 2.35. The number of fused-ring (bicyclic) bond motifs is 3. The van der Waals surface area contributed by atoms with Crippen molar-refractivity contribution in [2.75, 3.05) is 5.32 Å². The smallest absolute Gasteiger partial charge is 0.0505 e. The van der Waals surface area contributed by atoms with Crippen LogP contribution in [-0.4, -0.2) is 5.54 Å². The Morgan fingerprint density at radius 1 is 1.00 bits per heavy atom. The molecule has 1 aliphatic heterocycles. The van der Waals surface area contributed by atoms with E-state index in [0.29, 0.717) is 0 Å². The molecule has 1 heterocycles. The first-order valence-corrected chi connectivity index (χ1v) is 6.07. The van der Waals surface area contributed by atoms with Gasteiger partial charge in [-0.3, -0.25) is 0 Å². The summed E-state index contributed by atoms with van der Waals surface area (Å²) < 4.78 is 0. The van der Waals surface area contributed by atoms with Gasteiger partial charge in [-0.15, -0.1) is 0 Å². The maximum atomic E-state index is 3.58. The second kappa shape index (κ2) is 3.36. The van der Waals surface area contributed by atoms with Gasteiger partial charge >= 0.3 is 0 Å². The maximum Gasteiger partial charge on any atom is 0.0505 e. The maximum absolute atomic E-state index is 3.58. The zero-order chi connectivity index (χ0) is 12.0. The average Bonchev–Trinajstić information content (AvgIpc) is 2.26. The molecule has 0 bridgehead atoms. The van der Waals surface area contributed by atoms with Crippen molar-refractivity contribution >= 4 is 22.0 Å². The fraction of sp³-hybridized carbons (Fsp3) is 0.250. The summed E-state index contributed by atoms with van der Waals surface area (Å²) in [6.45, 7) is 6.61. The van der Waals surface area contributed by atoms with E-state index < -0.39 is 0 Å². The predicted molar refractivity (Wildman–Crippen MR) is 75.3 cm³/mol. The van der Waals surface area contributed by atoms with Crippen LogP contribution in [0.25, 0.3) is 16.3 Å². The van der Waals surface area contributed by atoms with E-state index in [9.17, 15) is 0 Å². The van der Waals surface area contributed by atoms with Crippen molar-refractivity contribution in [1.29, 1.82) is 0 Å². The lowest BCUT2D eigenvalue weighted by molar-refractivity contribution is 0.708. The molecule has 0 fully saturated rings. The summed E-state index contributed by atoms with van der Waals surface area (Å²) >= 11 is 0. The fourth-order valence-corrected chi connectivity index (χ4v) is 2.80. The first kappa shape index (κ1) is 10.4. The average molecular weight is 223 g/mol. The quantitative estimate of drug-likeness (QED) is 0.696. The van der Waals surface area contributed by atoms with Crippen LogP contribution in [0, 0.1) is 0 Å². The standard InChI is InChI=1S/C16H17N/c1-11-10-16(2,3)17-14-9-8-12-6-4-5-7-13(12)15(11)14/h4-10,17H,1-3H3. The van der Waals surface area contributed by atoms with Gasteiger partial charge in [-0.25, -0.2) is 0 Å². The molecule has 0 atom stereocenters. The molecule has 0 radical (unpaired) electrons. The molecular weight excluding hydrogens is 206 g/mol. The highest BCUT2D eigenvalue weighted by Gasteiger charge is 2.23. The molecule has 1 nitrogen and oxygen atoms in total. The van der Waals surface area contributed by atoms with E-state index in [1.165, 1.54) is 27.6 Å². The van der Waals surface area contributed by atoms with Gasteiger partial charge in [0.1, 0.15) is 0 Å². The Hall–Kier alpha value is -1.76. The molecule has 86 valence electrons. The highest BCUT2D eigenvalue weighted by molar-refractivity contribution is 6.00. The molecule has 1 aliphatic rings. The molecule has 3 rings (SSSR count). The second-order valence-corrected chi connectivity index (χ2v) is 5.38. The molecular formula is C16H17N. The van der Waals surface area contributed by atoms with Gasteiger partial charge in [0.15, 0.2) is 0 Å². The molecule has 0 aliphatic carbocycles. The SMILES string of the molecule is CC1=CC(C)(C)Nc2ccc3ccccc3c21. The van der Waals surface area contributed by atoms with Gasteiger partial charge in [-0.05, 0) is 43.2 Å². The highest BCUT2D eigenvalue weighted by atomic mass is 15.0. The Morgan fingerprint density at radius 3 is 2.59 bits per heavy atom. The summed E-state index contributed by atoms with van der Waals surface area (Å²) in [4.78, 5) is 0. The normalized spacial score (nSPS) is 17.2. The van der Waals surface area contributed by atoms with E-state index >= 15 is 0 Å². The number of hydrogen-bond acceptors (Lipinski definition) is 1. The molecule has 17 heavy (non-hydrogen) atoms. The topological polar surface area (TPSA) is 12.0 Å². The minimum atomic E-state index is 0.0412. The van der Waals surface area contributed by atoms with Gasteiger partial charge in [0.2, 0.25) is 0 Å². The molecule has 0 aromatic heterocycles. The molecule has 0 amide bonds. The van der Waals surface area contributed by atoms with Crippen LogP contribution in [0.3, 0.4) is 0 Å². The van der Waals surface area contributed by atoms with Crippen LogP contribution >= 0.6 is 0 Å². The van der Waals surface area contributed by atoms with Crippen molar-refractivity contribution in [3.63, 3.8) is 0 Å². The van der Waals surface area contributed by atoms with E-state index in [4.69, 9.17) is 0 Å². The largest absolute Gasteiger partial charge is 0.376 e. The van der Waals surface area contributed by atoms with Gasteiger partial charge in [0, 0.05) is 11.3 Å². The van der Waals surface area contributed by atoms with E-state index in [1.807, 2.05) is 0 Å². The monoisotopic (exact) mass is 223 g/mol. The van der Waals surface area contributed by atoms with Gasteiger partial charge in [0.25, 0.3) is 0 Å². The Bertz CT molecular complexity index is 620. The van der Waals surface area contributed by atoms with Crippen LogP contribution in [0.5, 0.6) is 0 Å². The Kier molecular flexibility index (Phi) is 2.06. The van der Waals surface area contributed by atoms with Crippen molar-refractivity contribution < 1.29 is 0 Å². The molecule has 2 aromatic carbocycles. The van der Waals surface area contributed by atoms with Gasteiger partial charge < -0.3 is 5.32 Å². The number of anilines is 1. The van der Waals surface area contributed by atoms with E-state index in [2.05, 4.69) is 68.6 Å². The first-order valence-electron chi connectivity index (χ1n) is 6.07. The molecule has 0 saturated heterocycles. The lowest BCUT2D eigenvalue weighted by Crippen LogP contribution is -2.31. The summed E-state index contributed by atoms with van der Waals surface area (Å²) in [5.41, 5.74) is 4.00. The third-order valence-corrected chi connectivity index (χ3v) is 3.36. The van der Waals surface area contributed by atoms with Gasteiger partial charge in [-0.1, -0.05) is 36.4 Å². The Morgan fingerprint density at radius 2 is 1.76 bits per heavy atom. The van der Waals surface area contributed by atoms with Crippen LogP contribution < -0.4 is 5.32 Å². The number of allylic oxidation sites excluding steroid dienone is 1. The minimum absolute atomic E-state index is 0.0412. The predicted octanol–water partition coefficient (Wildman–Crippen LogP) is 4.45. The van der Waals surface area contributed by atoms with Crippen molar-refractivity contribution in [1.82, 2.24) is 0 Å². The van der Waals surface area contributed by atoms with E-state index in [0.717, 1.165) is 0 Å². The first-order chi connectivity index (χ1) is 8.07. The van der Waals surface area contributed by atoms with Crippen molar-refractivity contribution in [3.8, 4) is 0 Å². The zero-order valence-corrected chi connectivity index (χ0v) is 10.5. The summed E-state index contributed by atoms with van der Waals surface area (Å²) in [6.07, 6.45) is 2.31. The van der Waals surface area contributed by atoms with Crippen LogP contribution in [-0.2, 0) is 0 Å². The van der Waals surface area contributed by atoms with Gasteiger partial charge in [-0.2, -0.15) is 0 Å². The highest BCUT2D eigenvalue weighted by Crippen LogP contribution is 2.38. The van der Waals surface area contributed by atoms with Crippen LogP contribution in [0.4, 0.5) is 5.69 Å². The molecule has 2 aromatic rings. The molecule has 0 unspecified atom stereocenters. The third kappa shape index (κ3) is 1.62. The van der Waals surface area contributed by atoms with Crippen molar-refractivity contribution in [2.24, 2.45) is 0 Å². The lowest BCUT2D eigenvalue weighted by Gasteiger charge is -2.32. The van der Waals surface area contributed by atoms with Crippen molar-refractivity contribution in [3.05, 3.63) is 48.0 Å². The van der Waals surface area contributed by atoms with Gasteiger partial charge in [0.05, 0.1) is 5.54 Å². The number of benzene rings is 2. The summed E-state index contributed by atoms with van der Waals surface area (Å²) in [7, 11) is 0. The molecule has 1 heteroatoms. The number of rotatable bonds is 0. The molecule has 0 spiro atoms. The number of nitrogens with one attached hydrogen (secondary N) is 1. The summed E-state index contributed by atoms with van der Waals surface area (Å²) in [5, 5.41) is 6.22. The minimum Gasteiger partial charge on any atom is -0.376 e. The number of hydrogen-bond donors (Lipinski definition) is 1. The van der Waals surface area contributed by atoms with Crippen molar-refractivity contribution in [2.45, 2.75) is 26.3 Å². The lowest BCUT2D eigenvalue weighted by atomic mass is 9.88. The summed E-state index contributed by atoms with van der Waals surface area (Å²) in [6, 6.07) is 12.9. The van der Waals surface area contributed by atoms with E-state index in [-0.39, 0.29) is 5.54 Å². The Labute approximate surface area is 102 Å². The van der Waals surface area contributed by atoms with Crippen LogP contribution in [0.2, 0.25) is 0 Å².